The van der Waals surface area contributed by atoms with Gasteiger partial charge in [0.1, 0.15) is 17.5 Å². The van der Waals surface area contributed by atoms with Crippen LogP contribution >= 0.6 is 0 Å². The number of amides is 2. The van der Waals surface area contributed by atoms with E-state index in [0.717, 1.165) is 11.8 Å². The maximum atomic E-state index is 14.8. The lowest BCUT2D eigenvalue weighted by Crippen LogP contribution is -2.48. The first-order chi connectivity index (χ1) is 25.3. The number of methoxy groups -OCH3 is 1. The molecule has 3 heterocycles. The van der Waals surface area contributed by atoms with Gasteiger partial charge in [0.15, 0.2) is 5.78 Å². The predicted molar refractivity (Wildman–Crippen MR) is 198 cm³/mol. The van der Waals surface area contributed by atoms with Crippen LogP contribution in [0, 0.1) is 29.1 Å². The molecule has 1 aromatic carbocycles. The van der Waals surface area contributed by atoms with Gasteiger partial charge < -0.3 is 19.1 Å². The Kier molecular flexibility index (Phi) is 10.9. The number of benzene rings is 1. The molecule has 1 aromatic heterocycles. The molecule has 2 aliphatic heterocycles. The summed E-state index contributed by atoms with van der Waals surface area (Å²) in [5.74, 6) is -2.64. The summed E-state index contributed by atoms with van der Waals surface area (Å²) in [6, 6.07) is 6.22. The highest BCUT2D eigenvalue weighted by Gasteiger charge is 2.64. The van der Waals surface area contributed by atoms with E-state index in [2.05, 4.69) is 11.9 Å². The molecular weight excluding hydrogens is 718 g/mol. The fraction of sp³-hybridized carbons (Fsp3) is 0.625. The molecule has 6 rings (SSSR count). The topological polar surface area (TPSA) is 158 Å². The largest absolute Gasteiger partial charge is 0.497 e. The first kappa shape index (κ1) is 39.6. The lowest BCUT2D eigenvalue weighted by molar-refractivity contribution is -0.160. The molecule has 2 amide bonds. The van der Waals surface area contributed by atoms with Crippen LogP contribution in [-0.2, 0) is 33.9 Å². The molecule has 2 saturated carbocycles. The molecule has 0 bridgehead atoms. The first-order valence-electron chi connectivity index (χ1n) is 18.9. The van der Waals surface area contributed by atoms with Crippen molar-refractivity contribution >= 4 is 44.4 Å². The molecule has 4 aliphatic rings. The normalized spacial score (nSPS) is 30.6. The third kappa shape index (κ3) is 8.43. The number of rotatable bonds is 8. The molecule has 0 radical (unpaired) electrons. The van der Waals surface area contributed by atoms with Crippen molar-refractivity contribution in [3.63, 3.8) is 0 Å². The summed E-state index contributed by atoms with van der Waals surface area (Å²) in [4.78, 5) is 62.3. The second-order valence-electron chi connectivity index (χ2n) is 16.8. The number of alkyl halides is 1. The molecule has 294 valence electrons. The number of esters is 1. The molecular formula is C40H52FN3O9S. The number of fused-ring (bicyclic) bond motifs is 3. The summed E-state index contributed by atoms with van der Waals surface area (Å²) in [7, 11) is -3.04. The van der Waals surface area contributed by atoms with Gasteiger partial charge in [0, 0.05) is 37.3 Å². The number of carbonyl (C=O) groups is 4. The number of Topliss-reactive ketones (excluding diaryl/α,β-unsaturated/α-hetero) is 1. The SMILES string of the molecule is COc1ccc2c(O[C@@H]3C[C@H]4C(=O)C[C@]5(C(=O)NS(=O)(=O)C6(F)CC6)C[C@H]5/C=C\CC[C@@H](C)C[C@@H](C)[C@H](CC(=O)OC(C)(C)C)C(=O)N4C3)nccc2c1. The number of hydrogen-bond donors (Lipinski definition) is 1. The van der Waals surface area contributed by atoms with Crippen molar-refractivity contribution in [3.05, 3.63) is 42.6 Å². The van der Waals surface area contributed by atoms with E-state index < -0.39 is 73.6 Å². The molecule has 0 spiro atoms. The van der Waals surface area contributed by atoms with E-state index in [4.69, 9.17) is 14.2 Å². The van der Waals surface area contributed by atoms with Crippen LogP contribution < -0.4 is 14.2 Å². The molecule has 14 heteroatoms. The van der Waals surface area contributed by atoms with Gasteiger partial charge in [-0.1, -0.05) is 26.0 Å². The van der Waals surface area contributed by atoms with E-state index >= 15 is 0 Å². The van der Waals surface area contributed by atoms with Crippen molar-refractivity contribution in [1.82, 2.24) is 14.6 Å². The first-order valence-corrected chi connectivity index (χ1v) is 20.4. The Morgan fingerprint density at radius 3 is 2.54 bits per heavy atom. The van der Waals surface area contributed by atoms with Gasteiger partial charge in [-0.2, -0.15) is 0 Å². The summed E-state index contributed by atoms with van der Waals surface area (Å²) in [6.07, 6.45) is 6.11. The van der Waals surface area contributed by atoms with Gasteiger partial charge >= 0.3 is 5.97 Å². The summed E-state index contributed by atoms with van der Waals surface area (Å²) >= 11 is 0. The fourth-order valence-corrected chi connectivity index (χ4v) is 9.32. The van der Waals surface area contributed by atoms with E-state index in [0.29, 0.717) is 29.9 Å². The number of sulfonamides is 1. The predicted octanol–water partition coefficient (Wildman–Crippen LogP) is 5.82. The number of ketones is 1. The highest BCUT2D eigenvalue weighted by molar-refractivity contribution is 7.91. The average molecular weight is 770 g/mol. The smallest absolute Gasteiger partial charge is 0.307 e. The zero-order chi connectivity index (χ0) is 39.2. The zero-order valence-electron chi connectivity index (χ0n) is 31.9. The summed E-state index contributed by atoms with van der Waals surface area (Å²) in [6.45, 7) is 9.32. The maximum Gasteiger partial charge on any atom is 0.307 e. The molecule has 1 N–H and O–H groups in total. The minimum Gasteiger partial charge on any atom is -0.497 e. The van der Waals surface area contributed by atoms with Crippen LogP contribution in [0.1, 0.15) is 92.4 Å². The van der Waals surface area contributed by atoms with Gasteiger partial charge in [-0.05, 0) is 93.9 Å². The Labute approximate surface area is 316 Å². The number of hydrogen-bond acceptors (Lipinski definition) is 10. The summed E-state index contributed by atoms with van der Waals surface area (Å²) < 4.78 is 59.9. The van der Waals surface area contributed by atoms with Gasteiger partial charge in [-0.3, -0.25) is 19.2 Å². The minimum atomic E-state index is -4.61. The number of halogens is 1. The van der Waals surface area contributed by atoms with Crippen LogP contribution in [0.5, 0.6) is 11.6 Å². The highest BCUT2D eigenvalue weighted by atomic mass is 32.2. The Morgan fingerprint density at radius 1 is 1.11 bits per heavy atom. The van der Waals surface area contributed by atoms with Crippen molar-refractivity contribution in [2.75, 3.05) is 13.7 Å². The highest BCUT2D eigenvalue weighted by Crippen LogP contribution is 2.58. The number of aromatic nitrogens is 1. The van der Waals surface area contributed by atoms with Crippen molar-refractivity contribution in [1.29, 1.82) is 0 Å². The third-order valence-electron chi connectivity index (χ3n) is 11.3. The second-order valence-corrected chi connectivity index (χ2v) is 18.8. The summed E-state index contributed by atoms with van der Waals surface area (Å²) in [5.41, 5.74) is -2.20. The number of nitrogens with zero attached hydrogens (tertiary/aromatic N) is 2. The lowest BCUT2D eigenvalue weighted by atomic mass is 9.82. The lowest BCUT2D eigenvalue weighted by Gasteiger charge is -2.32. The van der Waals surface area contributed by atoms with Crippen LogP contribution in [-0.4, -0.2) is 78.3 Å². The molecule has 2 aromatic rings. The van der Waals surface area contributed by atoms with Crippen LogP contribution in [0.4, 0.5) is 4.39 Å². The van der Waals surface area contributed by atoms with Crippen LogP contribution in [0.3, 0.4) is 0 Å². The van der Waals surface area contributed by atoms with Crippen molar-refractivity contribution in [2.45, 2.75) is 115 Å². The maximum absolute atomic E-state index is 14.8. The van der Waals surface area contributed by atoms with E-state index in [-0.39, 0.29) is 56.9 Å². The molecule has 3 fully saturated rings. The minimum absolute atomic E-state index is 0.0117. The number of carbonyl (C=O) groups excluding carboxylic acids is 4. The quantitative estimate of drug-likeness (QED) is 0.256. The van der Waals surface area contributed by atoms with Gasteiger partial charge in [-0.15, -0.1) is 0 Å². The van der Waals surface area contributed by atoms with E-state index in [9.17, 15) is 32.0 Å². The van der Waals surface area contributed by atoms with Crippen LogP contribution in [0.2, 0.25) is 0 Å². The molecule has 7 atom stereocenters. The van der Waals surface area contributed by atoms with Gasteiger partial charge in [0.05, 0.1) is 37.5 Å². The van der Waals surface area contributed by atoms with Gasteiger partial charge in [-0.25, -0.2) is 22.5 Å². The standard InChI is InChI=1S/C40H52FN3O9S/c1-24-9-7-8-10-27-21-39(27,37(48)43-54(49,50)40(41)14-15-40)22-33(45)32-19-29(52-35-30-12-11-28(51-6)18-26(30)13-16-42-35)23-44(32)36(47)31(25(2)17-24)20-34(46)53-38(3,4)5/h8,10-13,16,18,24-25,27,29,31-32H,7,9,14-15,17,19-23H2,1-6H3,(H,43,48)/b10-8-/t24-,25-,27-,29-,31+,32+,39-/m1/s1. The van der Waals surface area contributed by atoms with Gasteiger partial charge in [0.25, 0.3) is 10.0 Å². The van der Waals surface area contributed by atoms with E-state index in [1.54, 1.807) is 40.1 Å². The third-order valence-corrected chi connectivity index (χ3v) is 13.2. The Bertz CT molecular complexity index is 1940. The molecule has 1 saturated heterocycles. The number of nitrogens with one attached hydrogen (secondary N) is 1. The van der Waals surface area contributed by atoms with Crippen molar-refractivity contribution in [2.24, 2.45) is 29.1 Å². The number of allylic oxidation sites excluding steroid dienone is 2. The van der Waals surface area contributed by atoms with Crippen LogP contribution in [0.25, 0.3) is 10.8 Å². The number of ether oxygens (including phenoxy) is 3. The fourth-order valence-electron chi connectivity index (χ4n) is 8.05. The van der Waals surface area contributed by atoms with Crippen molar-refractivity contribution in [3.8, 4) is 11.6 Å². The Hall–Kier alpha value is -4.07. The average Bonchev–Trinajstić information content (AvgIpc) is 3.97. The summed E-state index contributed by atoms with van der Waals surface area (Å²) in [5, 5.41) is -0.979. The Balaban J connectivity index is 1.35. The van der Waals surface area contributed by atoms with Gasteiger partial charge in [0.2, 0.25) is 22.7 Å². The van der Waals surface area contributed by atoms with Crippen molar-refractivity contribution < 1.29 is 46.2 Å². The molecule has 54 heavy (non-hydrogen) atoms. The molecule has 0 unspecified atom stereocenters. The molecule has 12 nitrogen and oxygen atoms in total. The second kappa shape index (κ2) is 14.9. The zero-order valence-corrected chi connectivity index (χ0v) is 32.7. The monoisotopic (exact) mass is 769 g/mol. The Morgan fingerprint density at radius 2 is 1.85 bits per heavy atom. The van der Waals surface area contributed by atoms with Crippen LogP contribution in [0.15, 0.2) is 42.6 Å². The van der Waals surface area contributed by atoms with E-state index in [1.807, 2.05) is 42.0 Å². The molecule has 2 aliphatic carbocycles. The number of pyridine rings is 1. The van der Waals surface area contributed by atoms with E-state index in [1.165, 1.54) is 4.90 Å².